The first-order valence-electron chi connectivity index (χ1n) is 8.68. The van der Waals surface area contributed by atoms with Crippen molar-refractivity contribution in [3.63, 3.8) is 0 Å². The molecule has 0 bridgehead atoms. The van der Waals surface area contributed by atoms with Crippen LogP contribution in [0.15, 0.2) is 24.3 Å². The number of methoxy groups -OCH3 is 1. The van der Waals surface area contributed by atoms with E-state index in [1.54, 1.807) is 7.11 Å². The van der Waals surface area contributed by atoms with Crippen molar-refractivity contribution in [2.45, 2.75) is 52.0 Å². The van der Waals surface area contributed by atoms with E-state index in [1.165, 1.54) is 37.7 Å². The summed E-state index contributed by atoms with van der Waals surface area (Å²) < 4.78 is 5.43. The molecular weight excluding hydrogens is 300 g/mol. The maximum absolute atomic E-state index is 5.43. The molecule has 128 valence electrons. The second-order valence-electron chi connectivity index (χ2n) is 6.49. The predicted molar refractivity (Wildman–Crippen MR) is 98.3 cm³/mol. The SMILES string of the molecule is COc1ccc(C)cc1Nc1cc(NC2CCCCC2)nc(C)n1. The van der Waals surface area contributed by atoms with Crippen molar-refractivity contribution in [1.29, 1.82) is 0 Å². The molecule has 5 nitrogen and oxygen atoms in total. The van der Waals surface area contributed by atoms with E-state index in [9.17, 15) is 0 Å². The van der Waals surface area contributed by atoms with Crippen LogP contribution < -0.4 is 15.4 Å². The molecule has 1 aliphatic rings. The molecule has 1 aromatic carbocycles. The van der Waals surface area contributed by atoms with Crippen LogP contribution in [0.25, 0.3) is 0 Å². The lowest BCUT2D eigenvalue weighted by molar-refractivity contribution is 0.416. The fourth-order valence-electron chi connectivity index (χ4n) is 3.22. The van der Waals surface area contributed by atoms with Crippen molar-refractivity contribution < 1.29 is 4.74 Å². The first kappa shape index (κ1) is 16.6. The quantitative estimate of drug-likeness (QED) is 0.841. The molecule has 2 N–H and O–H groups in total. The Morgan fingerprint density at radius 1 is 1.00 bits per heavy atom. The van der Waals surface area contributed by atoms with Crippen LogP contribution in [-0.2, 0) is 0 Å². The number of aromatic nitrogens is 2. The van der Waals surface area contributed by atoms with Gasteiger partial charge in [0.1, 0.15) is 23.2 Å². The normalized spacial score (nSPS) is 15.1. The van der Waals surface area contributed by atoms with Crippen molar-refractivity contribution in [2.75, 3.05) is 17.7 Å². The summed E-state index contributed by atoms with van der Waals surface area (Å²) in [6.45, 7) is 3.98. The lowest BCUT2D eigenvalue weighted by atomic mass is 9.95. The fourth-order valence-corrected chi connectivity index (χ4v) is 3.22. The Bertz CT molecular complexity index is 696. The van der Waals surface area contributed by atoms with E-state index in [0.29, 0.717) is 6.04 Å². The summed E-state index contributed by atoms with van der Waals surface area (Å²) in [6.07, 6.45) is 6.39. The minimum Gasteiger partial charge on any atom is -0.495 e. The molecule has 0 aliphatic heterocycles. The number of hydrogen-bond donors (Lipinski definition) is 2. The minimum atomic E-state index is 0.523. The molecule has 0 amide bonds. The van der Waals surface area contributed by atoms with Crippen molar-refractivity contribution in [3.05, 3.63) is 35.7 Å². The Kier molecular flexibility index (Phi) is 5.18. The Hall–Kier alpha value is -2.30. The highest BCUT2D eigenvalue weighted by atomic mass is 16.5. The van der Waals surface area contributed by atoms with Gasteiger partial charge in [-0.15, -0.1) is 0 Å². The molecule has 0 saturated heterocycles. The van der Waals surface area contributed by atoms with Crippen LogP contribution in [0, 0.1) is 13.8 Å². The topological polar surface area (TPSA) is 59.1 Å². The lowest BCUT2D eigenvalue weighted by Crippen LogP contribution is -2.23. The Labute approximate surface area is 143 Å². The molecule has 2 aromatic rings. The van der Waals surface area contributed by atoms with Gasteiger partial charge in [0.25, 0.3) is 0 Å². The minimum absolute atomic E-state index is 0.523. The van der Waals surface area contributed by atoms with Gasteiger partial charge in [-0.05, 0) is 44.4 Å². The van der Waals surface area contributed by atoms with Crippen molar-refractivity contribution in [2.24, 2.45) is 0 Å². The zero-order valence-electron chi connectivity index (χ0n) is 14.7. The molecule has 24 heavy (non-hydrogen) atoms. The van der Waals surface area contributed by atoms with Gasteiger partial charge in [0.15, 0.2) is 0 Å². The van der Waals surface area contributed by atoms with E-state index in [-0.39, 0.29) is 0 Å². The van der Waals surface area contributed by atoms with Gasteiger partial charge in [0, 0.05) is 12.1 Å². The number of rotatable bonds is 5. The number of nitrogens with zero attached hydrogens (tertiary/aromatic N) is 2. The highest BCUT2D eigenvalue weighted by molar-refractivity contribution is 5.66. The Balaban J connectivity index is 1.79. The van der Waals surface area contributed by atoms with E-state index in [0.717, 1.165) is 28.9 Å². The molecule has 0 atom stereocenters. The zero-order valence-corrected chi connectivity index (χ0v) is 14.7. The Morgan fingerprint density at radius 3 is 2.50 bits per heavy atom. The van der Waals surface area contributed by atoms with Gasteiger partial charge >= 0.3 is 0 Å². The summed E-state index contributed by atoms with van der Waals surface area (Å²) in [5, 5.41) is 6.93. The van der Waals surface area contributed by atoms with Gasteiger partial charge in [0.05, 0.1) is 12.8 Å². The first-order valence-corrected chi connectivity index (χ1v) is 8.68. The summed E-state index contributed by atoms with van der Waals surface area (Å²) in [4.78, 5) is 9.05. The van der Waals surface area contributed by atoms with Gasteiger partial charge in [-0.1, -0.05) is 25.3 Å². The molecule has 5 heteroatoms. The smallest absolute Gasteiger partial charge is 0.142 e. The fraction of sp³-hybridized carbons (Fsp3) is 0.474. The zero-order chi connectivity index (χ0) is 16.9. The summed E-state index contributed by atoms with van der Waals surface area (Å²) in [7, 11) is 1.68. The van der Waals surface area contributed by atoms with E-state index >= 15 is 0 Å². The van der Waals surface area contributed by atoms with E-state index in [2.05, 4.69) is 33.6 Å². The molecule has 1 aliphatic carbocycles. The summed E-state index contributed by atoms with van der Waals surface area (Å²) >= 11 is 0. The monoisotopic (exact) mass is 326 g/mol. The van der Waals surface area contributed by atoms with Crippen LogP contribution in [0.1, 0.15) is 43.5 Å². The van der Waals surface area contributed by atoms with Gasteiger partial charge < -0.3 is 15.4 Å². The highest BCUT2D eigenvalue weighted by Crippen LogP contribution is 2.29. The highest BCUT2D eigenvalue weighted by Gasteiger charge is 2.14. The third-order valence-corrected chi connectivity index (χ3v) is 4.41. The molecule has 1 fully saturated rings. The number of aryl methyl sites for hydroxylation is 2. The van der Waals surface area contributed by atoms with Gasteiger partial charge in [-0.3, -0.25) is 0 Å². The summed E-state index contributed by atoms with van der Waals surface area (Å²) in [5.74, 6) is 3.23. The van der Waals surface area contributed by atoms with Crippen molar-refractivity contribution >= 4 is 17.3 Å². The van der Waals surface area contributed by atoms with Crippen molar-refractivity contribution in [1.82, 2.24) is 9.97 Å². The molecular formula is C19H26N4O. The first-order chi connectivity index (χ1) is 11.6. The van der Waals surface area contributed by atoms with Gasteiger partial charge in [-0.25, -0.2) is 9.97 Å². The number of anilines is 3. The molecule has 1 aromatic heterocycles. The van der Waals surface area contributed by atoms with E-state index < -0.39 is 0 Å². The Morgan fingerprint density at radius 2 is 1.75 bits per heavy atom. The predicted octanol–water partition coefficient (Wildman–Crippen LogP) is 4.59. The third kappa shape index (κ3) is 4.16. The number of ether oxygens (including phenoxy) is 1. The third-order valence-electron chi connectivity index (χ3n) is 4.41. The second kappa shape index (κ2) is 7.51. The molecule has 0 radical (unpaired) electrons. The van der Waals surface area contributed by atoms with Crippen LogP contribution >= 0.6 is 0 Å². The van der Waals surface area contributed by atoms with Crippen LogP contribution in [-0.4, -0.2) is 23.1 Å². The lowest BCUT2D eigenvalue weighted by Gasteiger charge is -2.23. The maximum atomic E-state index is 5.43. The summed E-state index contributed by atoms with van der Waals surface area (Å²) in [6, 6.07) is 8.56. The van der Waals surface area contributed by atoms with E-state index in [4.69, 9.17) is 4.74 Å². The number of nitrogens with one attached hydrogen (secondary N) is 2. The maximum Gasteiger partial charge on any atom is 0.142 e. The summed E-state index contributed by atoms with van der Waals surface area (Å²) in [5.41, 5.74) is 2.09. The molecule has 0 spiro atoms. The number of benzene rings is 1. The van der Waals surface area contributed by atoms with Crippen LogP contribution in [0.4, 0.5) is 17.3 Å². The van der Waals surface area contributed by atoms with Crippen LogP contribution in [0.2, 0.25) is 0 Å². The molecule has 1 heterocycles. The molecule has 1 saturated carbocycles. The van der Waals surface area contributed by atoms with Crippen LogP contribution in [0.5, 0.6) is 5.75 Å². The number of hydrogen-bond acceptors (Lipinski definition) is 5. The standard InChI is InChI=1S/C19H26N4O/c1-13-9-10-17(24-3)16(11-13)23-19-12-18(20-14(2)21-19)22-15-7-5-4-6-8-15/h9-12,15H,4-8H2,1-3H3,(H2,20,21,22,23). The van der Waals surface area contributed by atoms with E-state index in [1.807, 2.05) is 25.1 Å². The van der Waals surface area contributed by atoms with Crippen LogP contribution in [0.3, 0.4) is 0 Å². The average molecular weight is 326 g/mol. The second-order valence-corrected chi connectivity index (χ2v) is 6.49. The molecule has 0 unspecified atom stereocenters. The molecule has 3 rings (SSSR count). The van der Waals surface area contributed by atoms with Crippen molar-refractivity contribution in [3.8, 4) is 5.75 Å². The average Bonchev–Trinajstić information content (AvgIpc) is 2.55. The van der Waals surface area contributed by atoms with Gasteiger partial charge in [-0.2, -0.15) is 0 Å². The largest absolute Gasteiger partial charge is 0.495 e. The van der Waals surface area contributed by atoms with Gasteiger partial charge in [0.2, 0.25) is 0 Å².